The van der Waals surface area contributed by atoms with E-state index < -0.39 is 0 Å². The fourth-order valence-electron chi connectivity index (χ4n) is 2.57. The van der Waals surface area contributed by atoms with E-state index in [-0.39, 0.29) is 11.9 Å². The fourth-order valence-corrected chi connectivity index (χ4v) is 2.57. The van der Waals surface area contributed by atoms with Gasteiger partial charge in [0, 0.05) is 13.1 Å². The second-order valence-corrected chi connectivity index (χ2v) is 5.42. The minimum atomic E-state index is 0.0224. The largest absolute Gasteiger partial charge is 0.493 e. The molecule has 0 radical (unpaired) electrons. The first-order chi connectivity index (χ1) is 10.1. The van der Waals surface area contributed by atoms with Crippen LogP contribution in [-0.4, -0.2) is 68.8 Å². The van der Waals surface area contributed by atoms with E-state index in [1.807, 2.05) is 50.2 Å². The Hall–Kier alpha value is -1.59. The highest BCUT2D eigenvalue weighted by Gasteiger charge is 2.29. The second kappa shape index (κ2) is 7.43. The minimum Gasteiger partial charge on any atom is -0.493 e. The number of hydrogen-bond acceptors (Lipinski definition) is 4. The summed E-state index contributed by atoms with van der Waals surface area (Å²) in [7, 11) is 4.01. The summed E-state index contributed by atoms with van der Waals surface area (Å²) < 4.78 is 11.1. The lowest BCUT2D eigenvalue weighted by atomic mass is 10.1. The third-order valence-electron chi connectivity index (χ3n) is 3.48. The highest BCUT2D eigenvalue weighted by Crippen LogP contribution is 2.22. The molecule has 1 aromatic rings. The van der Waals surface area contributed by atoms with E-state index in [9.17, 15) is 4.79 Å². The third-order valence-corrected chi connectivity index (χ3v) is 3.48. The SMILES string of the molecule is CCOc1ccccc1C(=O)N1CCOCC1CN(C)C. The molecule has 1 saturated heterocycles. The topological polar surface area (TPSA) is 42.0 Å². The molecule has 5 nitrogen and oxygen atoms in total. The Bertz CT molecular complexity index is 476. The van der Waals surface area contributed by atoms with Crippen molar-refractivity contribution in [2.75, 3.05) is 47.0 Å². The molecule has 1 atom stereocenters. The lowest BCUT2D eigenvalue weighted by Gasteiger charge is -2.37. The van der Waals surface area contributed by atoms with Crippen molar-refractivity contribution in [3.8, 4) is 5.75 Å². The Morgan fingerprint density at radius 2 is 2.19 bits per heavy atom. The summed E-state index contributed by atoms with van der Waals surface area (Å²) in [6.07, 6.45) is 0. The molecule has 0 saturated carbocycles. The van der Waals surface area contributed by atoms with E-state index >= 15 is 0 Å². The molecular weight excluding hydrogens is 268 g/mol. The van der Waals surface area contributed by atoms with E-state index in [1.54, 1.807) is 0 Å². The monoisotopic (exact) mass is 292 g/mol. The molecule has 1 heterocycles. The normalized spacial score (nSPS) is 18.9. The summed E-state index contributed by atoms with van der Waals surface area (Å²) in [4.78, 5) is 16.8. The van der Waals surface area contributed by atoms with Crippen LogP contribution < -0.4 is 4.74 Å². The lowest BCUT2D eigenvalue weighted by Crippen LogP contribution is -2.52. The summed E-state index contributed by atoms with van der Waals surface area (Å²) >= 11 is 0. The second-order valence-electron chi connectivity index (χ2n) is 5.42. The molecule has 2 rings (SSSR count). The summed E-state index contributed by atoms with van der Waals surface area (Å²) in [5.74, 6) is 0.675. The van der Waals surface area contributed by atoms with Gasteiger partial charge in [-0.15, -0.1) is 0 Å². The molecule has 1 unspecified atom stereocenters. The molecule has 1 aliphatic rings. The average Bonchev–Trinajstić information content (AvgIpc) is 2.47. The van der Waals surface area contributed by atoms with Crippen LogP contribution in [0.4, 0.5) is 0 Å². The van der Waals surface area contributed by atoms with Crippen molar-refractivity contribution in [1.29, 1.82) is 0 Å². The number of likely N-dealkylation sites (N-methyl/N-ethyl adjacent to an activating group) is 1. The van der Waals surface area contributed by atoms with Crippen LogP contribution in [0, 0.1) is 0 Å². The molecule has 5 heteroatoms. The fraction of sp³-hybridized carbons (Fsp3) is 0.562. The summed E-state index contributed by atoms with van der Waals surface area (Å²) in [6.45, 7) is 5.06. The summed E-state index contributed by atoms with van der Waals surface area (Å²) in [5.41, 5.74) is 0.630. The van der Waals surface area contributed by atoms with Gasteiger partial charge in [-0.1, -0.05) is 12.1 Å². The highest BCUT2D eigenvalue weighted by molar-refractivity contribution is 5.97. The van der Waals surface area contributed by atoms with Gasteiger partial charge in [-0.25, -0.2) is 0 Å². The first kappa shape index (κ1) is 15.8. The Kier molecular flexibility index (Phi) is 5.59. The number of ether oxygens (including phenoxy) is 2. The van der Waals surface area contributed by atoms with Crippen LogP contribution in [0.5, 0.6) is 5.75 Å². The number of hydrogen-bond donors (Lipinski definition) is 0. The molecule has 0 bridgehead atoms. The number of carbonyl (C=O) groups is 1. The number of carbonyl (C=O) groups excluding carboxylic acids is 1. The van der Waals surface area contributed by atoms with Crippen LogP contribution in [0.2, 0.25) is 0 Å². The first-order valence-electron chi connectivity index (χ1n) is 7.38. The van der Waals surface area contributed by atoms with Crippen molar-refractivity contribution in [2.45, 2.75) is 13.0 Å². The van der Waals surface area contributed by atoms with Crippen LogP contribution >= 0.6 is 0 Å². The van der Waals surface area contributed by atoms with Crippen LogP contribution in [0.3, 0.4) is 0 Å². The Labute approximate surface area is 126 Å². The Balaban J connectivity index is 2.20. The van der Waals surface area contributed by atoms with Crippen molar-refractivity contribution < 1.29 is 14.3 Å². The number of morpholine rings is 1. The van der Waals surface area contributed by atoms with Crippen molar-refractivity contribution in [1.82, 2.24) is 9.80 Å². The molecule has 1 aromatic carbocycles. The number of nitrogens with zero attached hydrogens (tertiary/aromatic N) is 2. The van der Waals surface area contributed by atoms with Crippen LogP contribution in [0.25, 0.3) is 0 Å². The molecule has 0 N–H and O–H groups in total. The van der Waals surface area contributed by atoms with Crippen molar-refractivity contribution in [3.05, 3.63) is 29.8 Å². The maximum atomic E-state index is 12.9. The van der Waals surface area contributed by atoms with Gasteiger partial charge < -0.3 is 19.3 Å². The van der Waals surface area contributed by atoms with Gasteiger partial charge in [0.2, 0.25) is 0 Å². The van der Waals surface area contributed by atoms with E-state index in [2.05, 4.69) is 4.90 Å². The predicted octanol–water partition coefficient (Wildman–Crippen LogP) is 1.49. The van der Waals surface area contributed by atoms with Gasteiger partial charge in [-0.05, 0) is 33.2 Å². The van der Waals surface area contributed by atoms with Gasteiger partial charge in [0.1, 0.15) is 5.75 Å². The van der Waals surface area contributed by atoms with Gasteiger partial charge in [0.05, 0.1) is 31.4 Å². The molecule has 0 spiro atoms. The van der Waals surface area contributed by atoms with Gasteiger partial charge in [0.25, 0.3) is 5.91 Å². The molecule has 21 heavy (non-hydrogen) atoms. The van der Waals surface area contributed by atoms with Crippen molar-refractivity contribution in [2.24, 2.45) is 0 Å². The Morgan fingerprint density at radius 3 is 2.90 bits per heavy atom. The lowest BCUT2D eigenvalue weighted by molar-refractivity contribution is -0.00846. The van der Waals surface area contributed by atoms with Crippen molar-refractivity contribution >= 4 is 5.91 Å². The number of benzene rings is 1. The van der Waals surface area contributed by atoms with E-state index in [0.717, 1.165) is 6.54 Å². The average molecular weight is 292 g/mol. The zero-order chi connectivity index (χ0) is 15.2. The maximum Gasteiger partial charge on any atom is 0.258 e. The highest BCUT2D eigenvalue weighted by atomic mass is 16.5. The molecule has 0 aromatic heterocycles. The third kappa shape index (κ3) is 3.95. The molecule has 1 amide bonds. The zero-order valence-electron chi connectivity index (χ0n) is 13.0. The Morgan fingerprint density at radius 1 is 1.43 bits per heavy atom. The first-order valence-corrected chi connectivity index (χ1v) is 7.38. The van der Waals surface area contributed by atoms with Crippen LogP contribution in [0.15, 0.2) is 24.3 Å². The quantitative estimate of drug-likeness (QED) is 0.824. The smallest absolute Gasteiger partial charge is 0.258 e. The van der Waals surface area contributed by atoms with E-state index in [0.29, 0.717) is 37.7 Å². The predicted molar refractivity (Wildman–Crippen MR) is 81.8 cm³/mol. The maximum absolute atomic E-state index is 12.9. The van der Waals surface area contributed by atoms with E-state index in [1.165, 1.54) is 0 Å². The molecule has 1 fully saturated rings. The standard InChI is InChI=1S/C16H24N2O3/c1-4-21-15-8-6-5-7-14(15)16(19)18-9-10-20-12-13(18)11-17(2)3/h5-8,13H,4,9-12H2,1-3H3. The summed E-state index contributed by atoms with van der Waals surface area (Å²) in [6, 6.07) is 7.51. The van der Waals surface area contributed by atoms with Crippen LogP contribution in [-0.2, 0) is 4.74 Å². The number of rotatable bonds is 5. The number of para-hydroxylation sites is 1. The van der Waals surface area contributed by atoms with E-state index in [4.69, 9.17) is 9.47 Å². The van der Waals surface area contributed by atoms with Gasteiger partial charge in [-0.3, -0.25) is 4.79 Å². The van der Waals surface area contributed by atoms with Gasteiger partial charge in [0.15, 0.2) is 0 Å². The number of amides is 1. The molecular formula is C16H24N2O3. The summed E-state index contributed by atoms with van der Waals surface area (Å²) in [5, 5.41) is 0. The molecule has 116 valence electrons. The van der Waals surface area contributed by atoms with Crippen LogP contribution in [0.1, 0.15) is 17.3 Å². The molecule has 0 aliphatic carbocycles. The minimum absolute atomic E-state index is 0.0224. The molecule has 1 aliphatic heterocycles. The van der Waals surface area contributed by atoms with Crippen molar-refractivity contribution in [3.63, 3.8) is 0 Å². The van der Waals surface area contributed by atoms with Gasteiger partial charge in [-0.2, -0.15) is 0 Å². The van der Waals surface area contributed by atoms with Gasteiger partial charge >= 0.3 is 0 Å². The zero-order valence-corrected chi connectivity index (χ0v) is 13.0.